The lowest BCUT2D eigenvalue weighted by molar-refractivity contribution is -0.156. The molecule has 0 N–H and O–H groups in total. The van der Waals surface area contributed by atoms with Crippen LogP contribution in [0, 0.1) is 0 Å². The lowest BCUT2D eigenvalue weighted by atomic mass is 10.4. The highest BCUT2D eigenvalue weighted by molar-refractivity contribution is 5.82. The Hall–Kier alpha value is -1.16. The van der Waals surface area contributed by atoms with Crippen LogP contribution in [0.15, 0.2) is 12.7 Å². The molecule has 13 heavy (non-hydrogen) atoms. The molecule has 0 aromatic carbocycles. The van der Waals surface area contributed by atoms with Gasteiger partial charge in [-0.15, -0.1) is 0 Å². The Morgan fingerprint density at radius 1 is 1.46 bits per heavy atom. The second-order valence-corrected chi connectivity index (χ2v) is 2.91. The van der Waals surface area contributed by atoms with Crippen molar-refractivity contribution in [3.63, 3.8) is 0 Å². The molecule has 0 amide bonds. The molecule has 4 heteroatoms. The molecule has 0 spiro atoms. The number of aldehydes is 1. The van der Waals surface area contributed by atoms with Gasteiger partial charge in [-0.25, -0.2) is 4.79 Å². The zero-order valence-electron chi connectivity index (χ0n) is 7.44. The van der Waals surface area contributed by atoms with Crippen molar-refractivity contribution in [3.8, 4) is 0 Å². The average molecular weight is 183 g/mol. The van der Waals surface area contributed by atoms with Crippen LogP contribution in [0.5, 0.6) is 0 Å². The topological polar surface area (TPSA) is 46.6 Å². The molecule has 1 rings (SSSR count). The van der Waals surface area contributed by atoms with Gasteiger partial charge in [0.1, 0.15) is 0 Å². The summed E-state index contributed by atoms with van der Waals surface area (Å²) in [5.74, 6) is -0.552. The first-order valence-electron chi connectivity index (χ1n) is 4.30. The van der Waals surface area contributed by atoms with Crippen LogP contribution in [0.25, 0.3) is 0 Å². The Labute approximate surface area is 77.2 Å². The van der Waals surface area contributed by atoms with E-state index in [9.17, 15) is 9.59 Å². The van der Waals surface area contributed by atoms with E-state index in [0.717, 1.165) is 32.0 Å². The van der Waals surface area contributed by atoms with Gasteiger partial charge in [0.2, 0.25) is 6.23 Å². The Balaban J connectivity index is 2.45. The minimum absolute atomic E-state index is 0.552. The van der Waals surface area contributed by atoms with Crippen LogP contribution in [0.1, 0.15) is 12.8 Å². The smallest absolute Gasteiger partial charge is 0.332 e. The van der Waals surface area contributed by atoms with Gasteiger partial charge in [0.05, 0.1) is 0 Å². The summed E-state index contributed by atoms with van der Waals surface area (Å²) < 4.78 is 4.83. The number of likely N-dealkylation sites (tertiary alicyclic amines) is 1. The van der Waals surface area contributed by atoms with E-state index in [2.05, 4.69) is 6.58 Å². The van der Waals surface area contributed by atoms with Gasteiger partial charge in [-0.1, -0.05) is 6.58 Å². The molecule has 1 atom stereocenters. The second-order valence-electron chi connectivity index (χ2n) is 2.91. The van der Waals surface area contributed by atoms with Crippen molar-refractivity contribution in [2.75, 3.05) is 13.1 Å². The SMILES string of the molecule is C=CC(=O)OC(C=O)N1CCCC1. The van der Waals surface area contributed by atoms with Crippen molar-refractivity contribution in [1.82, 2.24) is 4.90 Å². The van der Waals surface area contributed by atoms with Crippen molar-refractivity contribution in [2.45, 2.75) is 19.1 Å². The van der Waals surface area contributed by atoms with E-state index >= 15 is 0 Å². The highest BCUT2D eigenvalue weighted by atomic mass is 16.6. The first-order valence-corrected chi connectivity index (χ1v) is 4.30. The van der Waals surface area contributed by atoms with Crippen LogP contribution in [0.3, 0.4) is 0 Å². The summed E-state index contributed by atoms with van der Waals surface area (Å²) in [5, 5.41) is 0. The molecular formula is C9H13NO3. The summed E-state index contributed by atoms with van der Waals surface area (Å²) in [6.45, 7) is 4.89. The maximum Gasteiger partial charge on any atom is 0.332 e. The zero-order valence-corrected chi connectivity index (χ0v) is 7.44. The van der Waals surface area contributed by atoms with Gasteiger partial charge in [-0.3, -0.25) is 9.69 Å². The van der Waals surface area contributed by atoms with Crippen LogP contribution in [-0.4, -0.2) is 36.5 Å². The van der Waals surface area contributed by atoms with E-state index in [1.54, 1.807) is 0 Å². The largest absolute Gasteiger partial charge is 0.436 e. The van der Waals surface area contributed by atoms with Gasteiger partial charge in [-0.05, 0) is 12.8 Å². The van der Waals surface area contributed by atoms with Crippen molar-refractivity contribution < 1.29 is 14.3 Å². The molecule has 1 fully saturated rings. The van der Waals surface area contributed by atoms with Crippen LogP contribution in [-0.2, 0) is 14.3 Å². The van der Waals surface area contributed by atoms with E-state index in [1.807, 2.05) is 4.90 Å². The number of carbonyl (C=O) groups is 2. The second kappa shape index (κ2) is 4.77. The standard InChI is InChI=1S/C9H13NO3/c1-2-9(12)13-8(7-11)10-5-3-4-6-10/h2,7-8H,1,3-6H2. The molecule has 0 aromatic rings. The summed E-state index contributed by atoms with van der Waals surface area (Å²) in [6, 6.07) is 0. The fourth-order valence-electron chi connectivity index (χ4n) is 1.35. The molecule has 1 saturated heterocycles. The third kappa shape index (κ3) is 2.66. The minimum atomic E-state index is -0.729. The Morgan fingerprint density at radius 3 is 2.54 bits per heavy atom. The van der Waals surface area contributed by atoms with E-state index in [1.165, 1.54) is 0 Å². The van der Waals surface area contributed by atoms with E-state index < -0.39 is 12.2 Å². The maximum absolute atomic E-state index is 10.8. The van der Waals surface area contributed by atoms with Gasteiger partial charge in [-0.2, -0.15) is 0 Å². The molecule has 0 radical (unpaired) electrons. The first-order chi connectivity index (χ1) is 6.27. The fourth-order valence-corrected chi connectivity index (χ4v) is 1.35. The van der Waals surface area contributed by atoms with Crippen molar-refractivity contribution in [3.05, 3.63) is 12.7 Å². The maximum atomic E-state index is 10.8. The lowest BCUT2D eigenvalue weighted by Gasteiger charge is -2.21. The quantitative estimate of drug-likeness (QED) is 0.358. The van der Waals surface area contributed by atoms with Crippen molar-refractivity contribution in [1.29, 1.82) is 0 Å². The van der Waals surface area contributed by atoms with Gasteiger partial charge < -0.3 is 4.74 Å². The number of hydrogen-bond acceptors (Lipinski definition) is 4. The average Bonchev–Trinajstić information content (AvgIpc) is 2.66. The van der Waals surface area contributed by atoms with Crippen LogP contribution in [0.2, 0.25) is 0 Å². The lowest BCUT2D eigenvalue weighted by Crippen LogP contribution is -2.37. The number of hydrogen-bond donors (Lipinski definition) is 0. The molecule has 0 aromatic heterocycles. The summed E-state index contributed by atoms with van der Waals surface area (Å²) in [6.07, 6.45) is 3.08. The van der Waals surface area contributed by atoms with E-state index in [-0.39, 0.29) is 0 Å². The van der Waals surface area contributed by atoms with Crippen LogP contribution >= 0.6 is 0 Å². The minimum Gasteiger partial charge on any atom is -0.436 e. The zero-order chi connectivity index (χ0) is 9.68. The number of carbonyl (C=O) groups excluding carboxylic acids is 2. The van der Waals surface area contributed by atoms with Gasteiger partial charge in [0, 0.05) is 19.2 Å². The molecule has 1 heterocycles. The molecule has 4 nitrogen and oxygen atoms in total. The van der Waals surface area contributed by atoms with E-state index in [4.69, 9.17) is 4.74 Å². The first kappa shape index (κ1) is 9.92. The Bertz CT molecular complexity index is 209. The predicted octanol–water partition coefficient (Wildman–Crippen LogP) is 0.336. The number of esters is 1. The molecule has 1 aliphatic rings. The van der Waals surface area contributed by atoms with Crippen LogP contribution in [0.4, 0.5) is 0 Å². The number of nitrogens with zero attached hydrogens (tertiary/aromatic N) is 1. The number of rotatable bonds is 4. The molecule has 0 saturated carbocycles. The molecule has 72 valence electrons. The molecule has 0 bridgehead atoms. The third-order valence-corrected chi connectivity index (χ3v) is 2.02. The molecular weight excluding hydrogens is 170 g/mol. The number of ether oxygens (including phenoxy) is 1. The van der Waals surface area contributed by atoms with Crippen molar-refractivity contribution in [2.24, 2.45) is 0 Å². The highest BCUT2D eigenvalue weighted by Gasteiger charge is 2.23. The van der Waals surface area contributed by atoms with Gasteiger partial charge >= 0.3 is 5.97 Å². The molecule has 1 unspecified atom stereocenters. The van der Waals surface area contributed by atoms with Crippen molar-refractivity contribution >= 4 is 12.3 Å². The Morgan fingerprint density at radius 2 is 2.08 bits per heavy atom. The normalized spacial score (nSPS) is 19.4. The predicted molar refractivity (Wildman–Crippen MR) is 46.9 cm³/mol. The van der Waals surface area contributed by atoms with E-state index in [0.29, 0.717) is 6.29 Å². The van der Waals surface area contributed by atoms with Gasteiger partial charge in [0.25, 0.3) is 0 Å². The fraction of sp³-hybridized carbons (Fsp3) is 0.556. The van der Waals surface area contributed by atoms with Gasteiger partial charge in [0.15, 0.2) is 6.29 Å². The summed E-state index contributed by atoms with van der Waals surface area (Å²) in [5.41, 5.74) is 0. The van der Waals surface area contributed by atoms with Crippen LogP contribution < -0.4 is 0 Å². The Kier molecular flexibility index (Phi) is 3.64. The summed E-state index contributed by atoms with van der Waals surface area (Å²) >= 11 is 0. The summed E-state index contributed by atoms with van der Waals surface area (Å²) in [4.78, 5) is 23.2. The monoisotopic (exact) mass is 183 g/mol. The molecule has 1 aliphatic heterocycles. The summed E-state index contributed by atoms with van der Waals surface area (Å²) in [7, 11) is 0. The highest BCUT2D eigenvalue weighted by Crippen LogP contribution is 2.11. The third-order valence-electron chi connectivity index (χ3n) is 2.02. The molecule has 0 aliphatic carbocycles.